The Morgan fingerprint density at radius 2 is 1.79 bits per heavy atom. The first-order valence-electron chi connectivity index (χ1n) is 9.40. The number of hydrogen-bond acceptors (Lipinski definition) is 3. The van der Waals surface area contributed by atoms with Crippen LogP contribution in [0.5, 0.6) is 0 Å². The maximum atomic E-state index is 12.9. The first kappa shape index (κ1) is 15.9. The summed E-state index contributed by atoms with van der Waals surface area (Å²) in [6.45, 7) is 0. The van der Waals surface area contributed by atoms with Crippen molar-refractivity contribution in [2.75, 3.05) is 7.05 Å². The Kier molecular flexibility index (Phi) is 4.45. The molecule has 2 heterocycles. The van der Waals surface area contributed by atoms with Gasteiger partial charge >= 0.3 is 5.97 Å². The Morgan fingerprint density at radius 3 is 2.50 bits per heavy atom. The van der Waals surface area contributed by atoms with Crippen LogP contribution in [0.15, 0.2) is 36.4 Å². The first-order chi connectivity index (χ1) is 11.7. The lowest BCUT2D eigenvalue weighted by molar-refractivity contribution is -0.155. The number of piperidine rings is 1. The highest BCUT2D eigenvalue weighted by Gasteiger charge is 2.40. The topological polar surface area (TPSA) is 29.5 Å². The van der Waals surface area contributed by atoms with Gasteiger partial charge < -0.3 is 9.64 Å². The molecule has 3 nitrogen and oxygen atoms in total. The van der Waals surface area contributed by atoms with Gasteiger partial charge in [-0.25, -0.2) is 0 Å². The normalized spacial score (nSPS) is 33.1. The van der Waals surface area contributed by atoms with E-state index >= 15 is 0 Å². The van der Waals surface area contributed by atoms with E-state index in [2.05, 4.69) is 30.2 Å². The number of carbonyl (C=O) groups excluding carboxylic acids is 1. The molecule has 1 aromatic rings. The van der Waals surface area contributed by atoms with E-state index in [4.69, 9.17) is 4.74 Å². The molecule has 0 N–H and O–H groups in total. The highest BCUT2D eigenvalue weighted by molar-refractivity contribution is 5.89. The largest absolute Gasteiger partial charge is 0.462 e. The molecule has 0 aromatic heterocycles. The fourth-order valence-corrected chi connectivity index (χ4v) is 4.78. The van der Waals surface area contributed by atoms with Gasteiger partial charge in [-0.2, -0.15) is 0 Å². The standard InChI is InChI=1S/C21H27NO2/c1-22-16-11-12-17(22)14-18(13-16)24-21(23)20-10-6-5-9-19(20)15-7-3-2-4-8-15/h2-4,7-9,16-18,20H,5-6,10-14H2,1H3/t16-,17+,18?,20?. The lowest BCUT2D eigenvalue weighted by Crippen LogP contribution is -2.44. The zero-order chi connectivity index (χ0) is 16.5. The smallest absolute Gasteiger partial charge is 0.313 e. The third-order valence-electron chi connectivity index (χ3n) is 6.17. The summed E-state index contributed by atoms with van der Waals surface area (Å²) in [5, 5.41) is 0. The molecule has 0 spiro atoms. The van der Waals surface area contributed by atoms with Crippen LogP contribution < -0.4 is 0 Å². The zero-order valence-electron chi connectivity index (χ0n) is 14.5. The third kappa shape index (κ3) is 3.02. The molecule has 2 unspecified atom stereocenters. The molecule has 3 heteroatoms. The summed E-state index contributed by atoms with van der Waals surface area (Å²) < 4.78 is 6.01. The van der Waals surface area contributed by atoms with Crippen LogP contribution in [0.2, 0.25) is 0 Å². The fourth-order valence-electron chi connectivity index (χ4n) is 4.78. The molecule has 0 radical (unpaired) electrons. The highest BCUT2D eigenvalue weighted by Crippen LogP contribution is 2.38. The molecule has 0 saturated carbocycles. The number of hydrogen-bond donors (Lipinski definition) is 0. The minimum atomic E-state index is -0.0848. The van der Waals surface area contributed by atoms with E-state index in [1.54, 1.807) is 0 Å². The summed E-state index contributed by atoms with van der Waals surface area (Å²) in [7, 11) is 2.22. The SMILES string of the molecule is CN1[C@@H]2CC[C@H]1CC(OC(=O)C1CCCC=C1c1ccccc1)C2. The number of fused-ring (bicyclic) bond motifs is 2. The fraction of sp³-hybridized carbons (Fsp3) is 0.571. The Morgan fingerprint density at radius 1 is 1.08 bits per heavy atom. The minimum Gasteiger partial charge on any atom is -0.462 e. The van der Waals surface area contributed by atoms with Gasteiger partial charge in [0.05, 0.1) is 5.92 Å². The lowest BCUT2D eigenvalue weighted by Gasteiger charge is -2.36. The molecule has 3 aliphatic rings. The van der Waals surface area contributed by atoms with Crippen LogP contribution in [0.25, 0.3) is 5.57 Å². The molecule has 2 fully saturated rings. The van der Waals surface area contributed by atoms with E-state index in [0.29, 0.717) is 12.1 Å². The Hall–Kier alpha value is -1.61. The Bertz CT molecular complexity index is 610. The van der Waals surface area contributed by atoms with E-state index < -0.39 is 0 Å². The van der Waals surface area contributed by atoms with E-state index in [9.17, 15) is 4.79 Å². The van der Waals surface area contributed by atoms with Crippen molar-refractivity contribution in [3.63, 3.8) is 0 Å². The predicted octanol–water partition coefficient (Wildman–Crippen LogP) is 4.04. The Balaban J connectivity index is 1.45. The molecular formula is C21H27NO2. The zero-order valence-corrected chi connectivity index (χ0v) is 14.5. The van der Waals surface area contributed by atoms with Gasteiger partial charge in [-0.05, 0) is 63.1 Å². The van der Waals surface area contributed by atoms with Gasteiger partial charge in [0.15, 0.2) is 0 Å². The quantitative estimate of drug-likeness (QED) is 0.786. The van der Waals surface area contributed by atoms with Crippen LogP contribution in [0.4, 0.5) is 0 Å². The molecule has 24 heavy (non-hydrogen) atoms. The van der Waals surface area contributed by atoms with Gasteiger partial charge in [-0.1, -0.05) is 36.4 Å². The minimum absolute atomic E-state index is 0.00115. The molecular weight excluding hydrogens is 298 g/mol. The maximum Gasteiger partial charge on any atom is 0.313 e. The second kappa shape index (κ2) is 6.72. The second-order valence-electron chi connectivity index (χ2n) is 7.59. The van der Waals surface area contributed by atoms with Gasteiger partial charge in [-0.3, -0.25) is 4.79 Å². The van der Waals surface area contributed by atoms with Crippen LogP contribution in [-0.4, -0.2) is 36.1 Å². The van der Waals surface area contributed by atoms with Crippen molar-refractivity contribution < 1.29 is 9.53 Å². The Labute approximate surface area is 144 Å². The second-order valence-corrected chi connectivity index (χ2v) is 7.59. The summed E-state index contributed by atoms with van der Waals surface area (Å²) in [4.78, 5) is 15.4. The predicted molar refractivity (Wildman–Crippen MR) is 95.4 cm³/mol. The van der Waals surface area contributed by atoms with Crippen molar-refractivity contribution in [1.82, 2.24) is 4.90 Å². The monoisotopic (exact) mass is 325 g/mol. The van der Waals surface area contributed by atoms with Crippen molar-refractivity contribution in [3.05, 3.63) is 42.0 Å². The van der Waals surface area contributed by atoms with Gasteiger partial charge in [0, 0.05) is 12.1 Å². The van der Waals surface area contributed by atoms with Crippen molar-refractivity contribution >= 4 is 11.5 Å². The third-order valence-corrected chi connectivity index (χ3v) is 6.17. The lowest BCUT2D eigenvalue weighted by atomic mass is 9.83. The summed E-state index contributed by atoms with van der Waals surface area (Å²) in [6.07, 6.45) is 9.95. The highest BCUT2D eigenvalue weighted by atomic mass is 16.5. The number of rotatable bonds is 3. The number of ether oxygens (including phenoxy) is 1. The molecule has 4 atom stereocenters. The van der Waals surface area contributed by atoms with E-state index in [1.165, 1.54) is 24.0 Å². The number of benzene rings is 1. The van der Waals surface area contributed by atoms with E-state index in [1.807, 2.05) is 18.2 Å². The van der Waals surface area contributed by atoms with Gasteiger partial charge in [0.1, 0.15) is 6.10 Å². The molecule has 0 amide bonds. The molecule has 1 aromatic carbocycles. The molecule has 2 saturated heterocycles. The van der Waals surface area contributed by atoms with E-state index in [-0.39, 0.29) is 18.0 Å². The van der Waals surface area contributed by atoms with E-state index in [0.717, 1.165) is 32.1 Å². The average molecular weight is 325 g/mol. The summed E-state index contributed by atoms with van der Waals surface area (Å²) in [5.41, 5.74) is 2.34. The van der Waals surface area contributed by atoms with Gasteiger partial charge in [-0.15, -0.1) is 0 Å². The number of allylic oxidation sites excluding steroid dienone is 1. The number of esters is 1. The molecule has 128 valence electrons. The van der Waals surface area contributed by atoms with Gasteiger partial charge in [0.2, 0.25) is 0 Å². The summed E-state index contributed by atoms with van der Waals surface area (Å²) in [6, 6.07) is 11.5. The number of nitrogens with zero attached hydrogens (tertiary/aromatic N) is 1. The van der Waals surface area contributed by atoms with Gasteiger partial charge in [0.25, 0.3) is 0 Å². The van der Waals surface area contributed by atoms with Crippen LogP contribution in [-0.2, 0) is 9.53 Å². The number of carbonyl (C=O) groups is 1. The van der Waals surface area contributed by atoms with Crippen molar-refractivity contribution in [2.24, 2.45) is 5.92 Å². The van der Waals surface area contributed by atoms with Crippen LogP contribution in [0, 0.1) is 5.92 Å². The average Bonchev–Trinajstić information content (AvgIpc) is 2.84. The van der Waals surface area contributed by atoms with Crippen LogP contribution >= 0.6 is 0 Å². The molecule has 2 bridgehead atoms. The molecule has 2 aliphatic heterocycles. The first-order valence-corrected chi connectivity index (χ1v) is 9.40. The van der Waals surface area contributed by atoms with Crippen molar-refractivity contribution in [2.45, 2.75) is 63.1 Å². The summed E-state index contributed by atoms with van der Waals surface area (Å²) >= 11 is 0. The van der Waals surface area contributed by atoms with Crippen molar-refractivity contribution in [1.29, 1.82) is 0 Å². The summed E-state index contributed by atoms with van der Waals surface area (Å²) in [5.74, 6) is -0.0859. The molecule has 1 aliphatic carbocycles. The van der Waals surface area contributed by atoms with Crippen molar-refractivity contribution in [3.8, 4) is 0 Å². The van der Waals surface area contributed by atoms with Crippen LogP contribution in [0.3, 0.4) is 0 Å². The van der Waals surface area contributed by atoms with Crippen LogP contribution in [0.1, 0.15) is 50.5 Å². The molecule has 4 rings (SSSR count). The maximum absolute atomic E-state index is 12.9.